The van der Waals surface area contributed by atoms with Gasteiger partial charge < -0.3 is 5.32 Å². The molecule has 21 heavy (non-hydrogen) atoms. The quantitative estimate of drug-likeness (QED) is 0.584. The van der Waals surface area contributed by atoms with Crippen LogP contribution in [0.15, 0.2) is 51.9 Å². The summed E-state index contributed by atoms with van der Waals surface area (Å²) in [5.74, 6) is 0.147. The average Bonchev–Trinajstić information content (AvgIpc) is 2.94. The zero-order valence-corrected chi connectivity index (χ0v) is 10.7. The van der Waals surface area contributed by atoms with Gasteiger partial charge in [0.05, 0.1) is 0 Å². The molecule has 7 heteroatoms. The number of aromatic nitrogens is 4. The second kappa shape index (κ2) is 4.41. The van der Waals surface area contributed by atoms with E-state index in [0.29, 0.717) is 0 Å². The number of anilines is 2. The van der Waals surface area contributed by atoms with Crippen molar-refractivity contribution in [1.29, 1.82) is 0 Å². The summed E-state index contributed by atoms with van der Waals surface area (Å²) in [6.07, 6.45) is 0. The minimum absolute atomic E-state index is 0.147. The summed E-state index contributed by atoms with van der Waals surface area (Å²) in [4.78, 5) is 18.5. The van der Waals surface area contributed by atoms with Gasteiger partial charge in [-0.2, -0.15) is 4.98 Å². The lowest BCUT2D eigenvalue weighted by atomic mass is 10.1. The van der Waals surface area contributed by atoms with Crippen molar-refractivity contribution in [2.24, 2.45) is 0 Å². The number of benzene rings is 2. The standard InChI is InChI=1S/C14H9N5O2/c20-14-13(16-11-12(17-14)19-21-18-11)15-10-6-5-8-3-1-2-4-9(8)7-10/h1-7H,(H,15,16,18)(H,17,19,20). The molecule has 0 bridgehead atoms. The maximum absolute atomic E-state index is 11.9. The topological polar surface area (TPSA) is 96.7 Å². The minimum atomic E-state index is -0.383. The molecule has 0 radical (unpaired) electrons. The summed E-state index contributed by atoms with van der Waals surface area (Å²) in [6, 6.07) is 13.8. The lowest BCUT2D eigenvalue weighted by Crippen LogP contribution is -2.13. The Bertz CT molecular complexity index is 1000. The molecule has 7 nitrogen and oxygen atoms in total. The summed E-state index contributed by atoms with van der Waals surface area (Å²) >= 11 is 0. The highest BCUT2D eigenvalue weighted by Crippen LogP contribution is 2.20. The van der Waals surface area contributed by atoms with E-state index in [-0.39, 0.29) is 22.7 Å². The Kier molecular flexibility index (Phi) is 2.43. The number of hydrogen-bond donors (Lipinski definition) is 2. The first-order valence-corrected chi connectivity index (χ1v) is 6.28. The summed E-state index contributed by atoms with van der Waals surface area (Å²) in [5.41, 5.74) is 0.857. The zero-order valence-electron chi connectivity index (χ0n) is 10.7. The Morgan fingerprint density at radius 1 is 1.05 bits per heavy atom. The van der Waals surface area contributed by atoms with E-state index in [0.717, 1.165) is 16.5 Å². The highest BCUT2D eigenvalue weighted by Gasteiger charge is 2.09. The van der Waals surface area contributed by atoms with E-state index >= 15 is 0 Å². The molecule has 0 saturated carbocycles. The first kappa shape index (κ1) is 11.6. The van der Waals surface area contributed by atoms with Crippen molar-refractivity contribution in [3.8, 4) is 0 Å². The van der Waals surface area contributed by atoms with Crippen LogP contribution in [0.25, 0.3) is 22.1 Å². The molecule has 0 aliphatic rings. The highest BCUT2D eigenvalue weighted by atomic mass is 16.6. The number of rotatable bonds is 2. The number of H-pyrrole nitrogens is 1. The van der Waals surface area contributed by atoms with E-state index in [1.807, 2.05) is 42.5 Å². The van der Waals surface area contributed by atoms with E-state index in [1.54, 1.807) is 0 Å². The smallest absolute Gasteiger partial charge is 0.292 e. The minimum Gasteiger partial charge on any atom is -0.336 e. The maximum atomic E-state index is 11.9. The normalized spacial score (nSPS) is 11.0. The molecule has 2 heterocycles. The Balaban J connectivity index is 1.78. The van der Waals surface area contributed by atoms with Crippen molar-refractivity contribution >= 4 is 33.6 Å². The Morgan fingerprint density at radius 3 is 2.81 bits per heavy atom. The van der Waals surface area contributed by atoms with E-state index in [2.05, 4.69) is 30.2 Å². The van der Waals surface area contributed by atoms with Crippen molar-refractivity contribution in [2.75, 3.05) is 5.32 Å². The second-order valence-electron chi connectivity index (χ2n) is 4.54. The van der Waals surface area contributed by atoms with Crippen LogP contribution < -0.4 is 10.9 Å². The van der Waals surface area contributed by atoms with Crippen LogP contribution in [0.3, 0.4) is 0 Å². The van der Waals surface area contributed by atoms with Crippen LogP contribution in [-0.2, 0) is 0 Å². The molecule has 0 saturated heterocycles. The third-order valence-electron chi connectivity index (χ3n) is 3.15. The largest absolute Gasteiger partial charge is 0.336 e. The molecule has 2 aromatic heterocycles. The molecule has 0 fully saturated rings. The number of fused-ring (bicyclic) bond motifs is 2. The van der Waals surface area contributed by atoms with Gasteiger partial charge in [-0.05, 0) is 33.2 Å². The highest BCUT2D eigenvalue weighted by molar-refractivity contribution is 5.86. The van der Waals surface area contributed by atoms with E-state index in [1.165, 1.54) is 0 Å². The Hall–Kier alpha value is -3.22. The van der Waals surface area contributed by atoms with Crippen LogP contribution in [0, 0.1) is 0 Å². The molecular formula is C14H9N5O2. The molecule has 102 valence electrons. The molecule has 4 aromatic rings. The molecule has 0 spiro atoms. The Morgan fingerprint density at radius 2 is 1.90 bits per heavy atom. The van der Waals surface area contributed by atoms with Crippen molar-refractivity contribution < 1.29 is 4.63 Å². The maximum Gasteiger partial charge on any atom is 0.292 e. The van der Waals surface area contributed by atoms with Gasteiger partial charge in [-0.15, -0.1) is 0 Å². The molecule has 4 rings (SSSR count). The van der Waals surface area contributed by atoms with E-state index in [9.17, 15) is 4.79 Å². The van der Waals surface area contributed by atoms with Gasteiger partial charge in [-0.3, -0.25) is 9.78 Å². The zero-order chi connectivity index (χ0) is 14.2. The van der Waals surface area contributed by atoms with Crippen LogP contribution in [0.1, 0.15) is 0 Å². The van der Waals surface area contributed by atoms with Gasteiger partial charge >= 0.3 is 0 Å². The first-order chi connectivity index (χ1) is 10.3. The molecule has 0 aliphatic heterocycles. The number of hydrogen-bond acceptors (Lipinski definition) is 6. The summed E-state index contributed by atoms with van der Waals surface area (Å²) in [7, 11) is 0. The summed E-state index contributed by atoms with van der Waals surface area (Å²) in [5, 5.41) is 12.3. The van der Waals surface area contributed by atoms with Crippen LogP contribution in [0.4, 0.5) is 11.5 Å². The summed E-state index contributed by atoms with van der Waals surface area (Å²) < 4.78 is 4.52. The SMILES string of the molecule is O=c1[nH]c2nonc2nc1Nc1ccc2ccccc2c1. The van der Waals surface area contributed by atoms with Gasteiger partial charge in [-0.25, -0.2) is 4.63 Å². The van der Waals surface area contributed by atoms with E-state index in [4.69, 9.17) is 0 Å². The van der Waals surface area contributed by atoms with Crippen LogP contribution in [-0.4, -0.2) is 20.3 Å². The fourth-order valence-electron chi connectivity index (χ4n) is 2.15. The molecule has 2 N–H and O–H groups in total. The first-order valence-electron chi connectivity index (χ1n) is 6.28. The predicted octanol–water partition coefficient (Wildman–Crippen LogP) is 2.20. The molecule has 2 aromatic carbocycles. The van der Waals surface area contributed by atoms with Crippen LogP contribution in [0.2, 0.25) is 0 Å². The monoisotopic (exact) mass is 279 g/mol. The molecule has 0 aliphatic carbocycles. The number of aromatic amines is 1. The second-order valence-corrected chi connectivity index (χ2v) is 4.54. The average molecular weight is 279 g/mol. The Labute approximate surface area is 117 Å². The van der Waals surface area contributed by atoms with Gasteiger partial charge in [0.1, 0.15) is 0 Å². The lowest BCUT2D eigenvalue weighted by Gasteiger charge is -2.05. The van der Waals surface area contributed by atoms with Crippen LogP contribution in [0.5, 0.6) is 0 Å². The van der Waals surface area contributed by atoms with Gasteiger partial charge in [-0.1, -0.05) is 30.3 Å². The molecule has 0 atom stereocenters. The van der Waals surface area contributed by atoms with Crippen molar-refractivity contribution in [2.45, 2.75) is 0 Å². The number of nitrogens with one attached hydrogen (secondary N) is 2. The molecular weight excluding hydrogens is 270 g/mol. The van der Waals surface area contributed by atoms with Gasteiger partial charge in [0, 0.05) is 5.69 Å². The van der Waals surface area contributed by atoms with Crippen LogP contribution >= 0.6 is 0 Å². The number of nitrogens with zero attached hydrogens (tertiary/aromatic N) is 3. The third-order valence-corrected chi connectivity index (χ3v) is 3.15. The molecule has 0 unspecified atom stereocenters. The van der Waals surface area contributed by atoms with Gasteiger partial charge in [0.25, 0.3) is 5.56 Å². The van der Waals surface area contributed by atoms with E-state index < -0.39 is 0 Å². The molecule has 0 amide bonds. The summed E-state index contributed by atoms with van der Waals surface area (Å²) in [6.45, 7) is 0. The lowest BCUT2D eigenvalue weighted by molar-refractivity contribution is 0.314. The van der Waals surface area contributed by atoms with Crippen molar-refractivity contribution in [3.63, 3.8) is 0 Å². The van der Waals surface area contributed by atoms with Gasteiger partial charge in [0.2, 0.25) is 11.3 Å². The van der Waals surface area contributed by atoms with Crippen molar-refractivity contribution in [3.05, 3.63) is 52.8 Å². The fraction of sp³-hybridized carbons (Fsp3) is 0. The van der Waals surface area contributed by atoms with Gasteiger partial charge in [0.15, 0.2) is 5.82 Å². The predicted molar refractivity (Wildman–Crippen MR) is 77.5 cm³/mol. The third kappa shape index (κ3) is 2.00. The fourth-order valence-corrected chi connectivity index (χ4v) is 2.15. The van der Waals surface area contributed by atoms with Crippen molar-refractivity contribution in [1.82, 2.24) is 20.3 Å².